The van der Waals surface area contributed by atoms with E-state index in [0.717, 1.165) is 12.1 Å². The summed E-state index contributed by atoms with van der Waals surface area (Å²) in [5, 5.41) is 0. The summed E-state index contributed by atoms with van der Waals surface area (Å²) in [6.45, 7) is 0. The van der Waals surface area contributed by atoms with Crippen LogP contribution in [0.3, 0.4) is 0 Å². The van der Waals surface area contributed by atoms with Crippen molar-refractivity contribution in [2.24, 2.45) is 0 Å². The third-order valence-electron chi connectivity index (χ3n) is 1.49. The number of hydrogen-bond acceptors (Lipinski definition) is 4. The maximum Gasteiger partial charge on any atom is 0.283 e. The molecule has 0 N–H and O–H groups in total. The highest BCUT2D eigenvalue weighted by Crippen LogP contribution is 2.17. The van der Waals surface area contributed by atoms with Crippen LogP contribution >= 0.6 is 0 Å². The number of benzene rings is 1. The number of sulfonamides is 2. The summed E-state index contributed by atoms with van der Waals surface area (Å²) >= 11 is 0. The zero-order chi connectivity index (χ0) is 11.7. The topological polar surface area (TPSA) is 71.5 Å². The second kappa shape index (κ2) is 3.87. The maximum atomic E-state index is 13.0. The lowest BCUT2D eigenvalue weighted by Crippen LogP contribution is -2.28. The van der Waals surface area contributed by atoms with E-state index in [2.05, 4.69) is 0 Å². The molecule has 0 heterocycles. The van der Waals surface area contributed by atoms with Crippen molar-refractivity contribution in [1.82, 2.24) is 3.93 Å². The third kappa shape index (κ3) is 2.52. The van der Waals surface area contributed by atoms with Crippen molar-refractivity contribution in [2.45, 2.75) is 4.90 Å². The molecule has 0 atom stereocenters. The summed E-state index contributed by atoms with van der Waals surface area (Å²) in [5.74, 6) is 0. The fraction of sp³-hybridized carbons (Fsp3) is 0.143. The Balaban J connectivity index is 3.28. The third-order valence-corrected chi connectivity index (χ3v) is 4.66. The van der Waals surface area contributed by atoms with E-state index in [1.165, 1.54) is 18.2 Å². The van der Waals surface area contributed by atoms with Crippen LogP contribution < -0.4 is 0 Å². The Morgan fingerprint density at radius 2 is 1.53 bits per heavy atom. The molecule has 0 radical (unpaired) electrons. The van der Waals surface area contributed by atoms with Crippen molar-refractivity contribution in [3.8, 4) is 0 Å². The zero-order valence-corrected chi connectivity index (χ0v) is 9.29. The minimum absolute atomic E-state index is 0.419. The van der Waals surface area contributed by atoms with E-state index in [1.807, 2.05) is 0 Å². The van der Waals surface area contributed by atoms with Gasteiger partial charge in [0, 0.05) is 0 Å². The predicted octanol–water partition coefficient (Wildman–Crippen LogP) is 0.521. The van der Waals surface area contributed by atoms with Crippen LogP contribution in [0.5, 0.6) is 0 Å². The van der Waals surface area contributed by atoms with Crippen LogP contribution in [-0.2, 0) is 20.0 Å². The summed E-state index contributed by atoms with van der Waals surface area (Å²) in [7, 11) is -9.05. The van der Waals surface area contributed by atoms with Gasteiger partial charge in [0.1, 0.15) is 0 Å². The largest absolute Gasteiger partial charge is 0.283 e. The molecule has 8 heteroatoms. The van der Waals surface area contributed by atoms with Gasteiger partial charge in [-0.1, -0.05) is 18.2 Å². The van der Waals surface area contributed by atoms with Gasteiger partial charge in [-0.05, 0) is 12.1 Å². The lowest BCUT2D eigenvalue weighted by Gasteiger charge is -2.09. The molecule has 0 aromatic heterocycles. The Morgan fingerprint density at radius 3 is 1.93 bits per heavy atom. The molecule has 0 unspecified atom stereocenters. The molecule has 0 saturated carbocycles. The van der Waals surface area contributed by atoms with Gasteiger partial charge >= 0.3 is 0 Å². The highest BCUT2D eigenvalue weighted by atomic mass is 32.3. The average Bonchev–Trinajstić information content (AvgIpc) is 2.16. The number of nitrogens with zero attached hydrogens (tertiary/aromatic N) is 1. The second-order valence-electron chi connectivity index (χ2n) is 2.73. The normalized spacial score (nSPS) is 13.0. The zero-order valence-electron chi connectivity index (χ0n) is 7.66. The van der Waals surface area contributed by atoms with Crippen LogP contribution in [0.4, 0.5) is 4.48 Å². The first-order chi connectivity index (χ1) is 6.76. The maximum absolute atomic E-state index is 13.0. The quantitative estimate of drug-likeness (QED) is 0.736. The fourth-order valence-electron chi connectivity index (χ4n) is 0.854. The standard InChI is InChI=1S/C7H8FNO4S2/c1-14(10,11)9(8)15(12,13)7-5-3-2-4-6-7/h2-6H,1H3. The van der Waals surface area contributed by atoms with Gasteiger partial charge in [0.25, 0.3) is 20.0 Å². The molecule has 0 amide bonds. The van der Waals surface area contributed by atoms with Gasteiger partial charge in [-0.15, -0.1) is 4.48 Å². The molecule has 0 aliphatic rings. The summed E-state index contributed by atoms with van der Waals surface area (Å²) in [6.07, 6.45) is 0.466. The van der Waals surface area contributed by atoms with Crippen LogP contribution in [0.15, 0.2) is 35.2 Å². The van der Waals surface area contributed by atoms with Crippen LogP contribution in [0.1, 0.15) is 0 Å². The van der Waals surface area contributed by atoms with E-state index < -0.39 is 28.9 Å². The minimum Gasteiger partial charge on any atom is -0.209 e. The SMILES string of the molecule is CS(=O)(=O)N(F)S(=O)(=O)c1ccccc1. The molecule has 5 nitrogen and oxygen atoms in total. The molecule has 0 bridgehead atoms. The molecule has 0 saturated heterocycles. The van der Waals surface area contributed by atoms with Crippen molar-refractivity contribution < 1.29 is 21.3 Å². The summed E-state index contributed by atoms with van der Waals surface area (Å²) in [4.78, 5) is -0.419. The van der Waals surface area contributed by atoms with Crippen molar-refractivity contribution in [1.29, 1.82) is 0 Å². The van der Waals surface area contributed by atoms with E-state index in [-0.39, 0.29) is 0 Å². The summed E-state index contributed by atoms with van der Waals surface area (Å²) < 4.78 is 56.0. The van der Waals surface area contributed by atoms with E-state index in [1.54, 1.807) is 0 Å². The molecule has 1 aromatic carbocycles. The van der Waals surface area contributed by atoms with Gasteiger partial charge in [-0.2, -0.15) is 0 Å². The van der Waals surface area contributed by atoms with Gasteiger partial charge in [-0.25, -0.2) is 16.8 Å². The first-order valence-electron chi connectivity index (χ1n) is 3.72. The lowest BCUT2D eigenvalue weighted by molar-refractivity contribution is 0.252. The first-order valence-corrected chi connectivity index (χ1v) is 7.01. The smallest absolute Gasteiger partial charge is 0.209 e. The van der Waals surface area contributed by atoms with Crippen LogP contribution in [-0.4, -0.2) is 27.0 Å². The Kier molecular flexibility index (Phi) is 3.12. The summed E-state index contributed by atoms with van der Waals surface area (Å²) in [6, 6.07) is 6.47. The van der Waals surface area contributed by atoms with Crippen LogP contribution in [0.2, 0.25) is 0 Å². The molecular formula is C7H8FNO4S2. The molecule has 0 aliphatic heterocycles. The van der Waals surface area contributed by atoms with E-state index in [4.69, 9.17) is 0 Å². The second-order valence-corrected chi connectivity index (χ2v) is 6.49. The fourth-order valence-corrected chi connectivity index (χ4v) is 3.20. The van der Waals surface area contributed by atoms with Gasteiger partial charge < -0.3 is 0 Å². The van der Waals surface area contributed by atoms with Crippen molar-refractivity contribution in [3.05, 3.63) is 30.3 Å². The monoisotopic (exact) mass is 253 g/mol. The predicted molar refractivity (Wildman–Crippen MR) is 51.4 cm³/mol. The average molecular weight is 253 g/mol. The van der Waals surface area contributed by atoms with E-state index in [0.29, 0.717) is 6.26 Å². The van der Waals surface area contributed by atoms with Gasteiger partial charge in [0.2, 0.25) is 0 Å². The highest BCUT2D eigenvalue weighted by molar-refractivity contribution is 8.03. The van der Waals surface area contributed by atoms with E-state index >= 15 is 0 Å². The molecule has 84 valence electrons. The molecule has 0 aliphatic carbocycles. The number of rotatable bonds is 3. The first kappa shape index (κ1) is 12.1. The highest BCUT2D eigenvalue weighted by Gasteiger charge is 2.32. The Hall–Kier alpha value is -0.990. The molecular weight excluding hydrogens is 245 g/mol. The van der Waals surface area contributed by atoms with Crippen molar-refractivity contribution in [3.63, 3.8) is 0 Å². The van der Waals surface area contributed by atoms with Gasteiger partial charge in [0.15, 0.2) is 0 Å². The molecule has 0 fully saturated rings. The van der Waals surface area contributed by atoms with Crippen LogP contribution in [0.25, 0.3) is 0 Å². The molecule has 1 aromatic rings. The molecule has 1 rings (SSSR count). The van der Waals surface area contributed by atoms with Gasteiger partial charge in [0.05, 0.1) is 15.1 Å². The van der Waals surface area contributed by atoms with Gasteiger partial charge in [-0.3, -0.25) is 0 Å². The molecule has 15 heavy (non-hydrogen) atoms. The van der Waals surface area contributed by atoms with Crippen molar-refractivity contribution >= 4 is 20.0 Å². The van der Waals surface area contributed by atoms with Crippen molar-refractivity contribution in [2.75, 3.05) is 6.26 Å². The van der Waals surface area contributed by atoms with Crippen LogP contribution in [0, 0.1) is 0 Å². The lowest BCUT2D eigenvalue weighted by atomic mass is 10.4. The number of halogens is 1. The Labute approximate surface area is 87.2 Å². The van der Waals surface area contributed by atoms with E-state index in [9.17, 15) is 21.3 Å². The summed E-state index contributed by atoms with van der Waals surface area (Å²) in [5.41, 5.74) is 0. The Bertz CT molecular complexity index is 538. The number of hydrogen-bond donors (Lipinski definition) is 0. The molecule has 0 spiro atoms. The Morgan fingerprint density at radius 1 is 1.07 bits per heavy atom. The minimum atomic E-state index is -4.62.